The van der Waals surface area contributed by atoms with E-state index in [2.05, 4.69) is 4.99 Å². The number of para-hydroxylation sites is 1. The zero-order chi connectivity index (χ0) is 15.2. The van der Waals surface area contributed by atoms with Crippen LogP contribution in [0.4, 0.5) is 0 Å². The minimum absolute atomic E-state index is 0. The molecule has 0 fully saturated rings. The van der Waals surface area contributed by atoms with Gasteiger partial charge in [0.15, 0.2) is 0 Å². The zero-order valence-electron chi connectivity index (χ0n) is 12.1. The number of hydrogen-bond acceptors (Lipinski definition) is 5. The van der Waals surface area contributed by atoms with Crippen LogP contribution < -0.4 is 34.7 Å². The number of carbonyl (C=O) groups excluding carboxylic acids is 1. The number of aromatic hydroxyl groups is 1. The van der Waals surface area contributed by atoms with Crippen LogP contribution in [0.25, 0.3) is 0 Å². The van der Waals surface area contributed by atoms with Crippen LogP contribution in [0.15, 0.2) is 59.6 Å². The van der Waals surface area contributed by atoms with E-state index >= 15 is 0 Å². The van der Waals surface area contributed by atoms with Crippen LogP contribution >= 0.6 is 0 Å². The van der Waals surface area contributed by atoms with Crippen molar-refractivity contribution >= 4 is 12.2 Å². The Bertz CT molecular complexity index is 646. The molecule has 0 spiro atoms. The van der Waals surface area contributed by atoms with Crippen molar-refractivity contribution in [2.45, 2.75) is 12.1 Å². The van der Waals surface area contributed by atoms with Gasteiger partial charge in [-0.25, -0.2) is 0 Å². The minimum atomic E-state index is -1.49. The largest absolute Gasteiger partial charge is 1.00 e. The summed E-state index contributed by atoms with van der Waals surface area (Å²) in [5.74, 6) is -1.51. The number of phenols is 1. The van der Waals surface area contributed by atoms with Crippen molar-refractivity contribution in [2.75, 3.05) is 0 Å². The van der Waals surface area contributed by atoms with E-state index in [9.17, 15) is 20.1 Å². The van der Waals surface area contributed by atoms with Crippen molar-refractivity contribution in [2.24, 2.45) is 4.99 Å². The van der Waals surface area contributed by atoms with E-state index < -0.39 is 18.1 Å². The molecule has 22 heavy (non-hydrogen) atoms. The number of aliphatic imine (C=N–C) groups is 1. The zero-order valence-corrected chi connectivity index (χ0v) is 14.1. The third-order valence-corrected chi connectivity index (χ3v) is 2.99. The van der Waals surface area contributed by atoms with Crippen LogP contribution in [0.1, 0.15) is 17.2 Å². The summed E-state index contributed by atoms with van der Waals surface area (Å²) in [6, 6.07) is 13.3. The average molecular weight is 307 g/mol. The number of aliphatic hydroxyl groups excluding tert-OH is 1. The van der Waals surface area contributed by atoms with Gasteiger partial charge in [-0.2, -0.15) is 0 Å². The molecule has 5 nitrogen and oxygen atoms in total. The number of phenolic OH excluding ortho intramolecular Hbond substituents is 1. The fourth-order valence-electron chi connectivity index (χ4n) is 1.86. The molecule has 0 radical (unpaired) electrons. The van der Waals surface area contributed by atoms with E-state index in [1.165, 1.54) is 12.3 Å². The first-order chi connectivity index (χ1) is 10.1. The molecule has 0 bridgehead atoms. The Kier molecular flexibility index (Phi) is 7.27. The van der Waals surface area contributed by atoms with Gasteiger partial charge in [0, 0.05) is 11.8 Å². The van der Waals surface area contributed by atoms with Crippen molar-refractivity contribution in [1.29, 1.82) is 0 Å². The Hall–Kier alpha value is -1.66. The third kappa shape index (κ3) is 4.68. The molecule has 0 amide bonds. The summed E-state index contributed by atoms with van der Waals surface area (Å²) in [4.78, 5) is 15.0. The predicted molar refractivity (Wildman–Crippen MR) is 75.9 cm³/mol. The summed E-state index contributed by atoms with van der Waals surface area (Å²) in [6.45, 7) is 0. The molecular formula is C16H14NNaO4. The molecule has 0 saturated heterocycles. The summed E-state index contributed by atoms with van der Waals surface area (Å²) >= 11 is 0. The van der Waals surface area contributed by atoms with Crippen LogP contribution in [0.5, 0.6) is 5.75 Å². The van der Waals surface area contributed by atoms with Gasteiger partial charge in [0.1, 0.15) is 17.9 Å². The van der Waals surface area contributed by atoms with E-state index in [1.807, 2.05) is 0 Å². The van der Waals surface area contributed by atoms with E-state index in [0.29, 0.717) is 11.1 Å². The van der Waals surface area contributed by atoms with Gasteiger partial charge in [0.25, 0.3) is 0 Å². The maximum Gasteiger partial charge on any atom is 1.00 e. The molecule has 2 aromatic rings. The molecule has 0 saturated carbocycles. The first-order valence-corrected chi connectivity index (χ1v) is 6.34. The fourth-order valence-corrected chi connectivity index (χ4v) is 1.86. The molecule has 0 aliphatic carbocycles. The second-order valence-corrected chi connectivity index (χ2v) is 4.46. The molecule has 0 aliphatic heterocycles. The molecule has 0 aliphatic rings. The van der Waals surface area contributed by atoms with Gasteiger partial charge in [0.2, 0.25) is 0 Å². The number of carboxylic acid groups (broad SMARTS) is 1. The molecule has 2 rings (SSSR count). The average Bonchev–Trinajstić information content (AvgIpc) is 2.49. The number of nitrogens with zero attached hydrogens (tertiary/aromatic N) is 1. The smallest absolute Gasteiger partial charge is 0.548 e. The summed E-state index contributed by atoms with van der Waals surface area (Å²) in [5, 5.41) is 30.9. The maximum atomic E-state index is 11.2. The SMILES string of the molecule is O=C([O-])[C@H](N=Cc1ccccc1O)[C@@H](O)c1ccccc1.[Na+]. The molecule has 0 aromatic heterocycles. The molecule has 2 aromatic carbocycles. The second-order valence-electron chi connectivity index (χ2n) is 4.46. The number of rotatable bonds is 5. The number of carboxylic acids is 1. The first kappa shape index (κ1) is 18.4. The Balaban J connectivity index is 0.00000242. The Morgan fingerprint density at radius 2 is 1.68 bits per heavy atom. The number of carbonyl (C=O) groups is 1. The number of aliphatic carboxylic acids is 1. The normalized spacial score (nSPS) is 13.3. The molecule has 2 atom stereocenters. The van der Waals surface area contributed by atoms with E-state index in [0.717, 1.165) is 0 Å². The molecule has 6 heteroatoms. The number of hydrogen-bond donors (Lipinski definition) is 2. The number of benzene rings is 2. The molecule has 108 valence electrons. The van der Waals surface area contributed by atoms with Gasteiger partial charge in [-0.05, 0) is 17.7 Å². The summed E-state index contributed by atoms with van der Waals surface area (Å²) < 4.78 is 0. The van der Waals surface area contributed by atoms with Gasteiger partial charge < -0.3 is 20.1 Å². The second kappa shape index (κ2) is 8.70. The van der Waals surface area contributed by atoms with Crippen molar-refractivity contribution < 1.29 is 49.7 Å². The summed E-state index contributed by atoms with van der Waals surface area (Å²) in [7, 11) is 0. The predicted octanol–water partition coefficient (Wildman–Crippen LogP) is -2.33. The maximum absolute atomic E-state index is 11.2. The van der Waals surface area contributed by atoms with Crippen molar-refractivity contribution in [3.63, 3.8) is 0 Å². The van der Waals surface area contributed by atoms with E-state index in [1.54, 1.807) is 48.5 Å². The van der Waals surface area contributed by atoms with Gasteiger partial charge in [-0.15, -0.1) is 0 Å². The molecule has 0 heterocycles. The monoisotopic (exact) mass is 307 g/mol. The Morgan fingerprint density at radius 1 is 1.09 bits per heavy atom. The summed E-state index contributed by atoms with van der Waals surface area (Å²) in [5.41, 5.74) is 0.796. The third-order valence-electron chi connectivity index (χ3n) is 2.99. The van der Waals surface area contributed by atoms with Crippen LogP contribution in [0.3, 0.4) is 0 Å². The van der Waals surface area contributed by atoms with Gasteiger partial charge in [0.05, 0.1) is 5.97 Å². The number of aliphatic hydroxyl groups is 1. The van der Waals surface area contributed by atoms with Crippen molar-refractivity contribution in [1.82, 2.24) is 0 Å². The van der Waals surface area contributed by atoms with E-state index in [-0.39, 0.29) is 35.3 Å². The molecule has 0 unspecified atom stereocenters. The van der Waals surface area contributed by atoms with Crippen LogP contribution in [-0.4, -0.2) is 28.4 Å². The van der Waals surface area contributed by atoms with Crippen LogP contribution in [0, 0.1) is 0 Å². The molecule has 2 N–H and O–H groups in total. The molecular weight excluding hydrogens is 293 g/mol. The minimum Gasteiger partial charge on any atom is -0.548 e. The Morgan fingerprint density at radius 3 is 2.27 bits per heavy atom. The van der Waals surface area contributed by atoms with Crippen molar-refractivity contribution in [3.8, 4) is 5.75 Å². The summed E-state index contributed by atoms with van der Waals surface area (Å²) in [6.07, 6.45) is -0.111. The standard InChI is InChI=1S/C16H15NO4.Na/c18-13-9-5-4-8-12(13)10-17-14(16(20)21)15(19)11-6-2-1-3-7-11;/h1-10,14-15,18-19H,(H,20,21);/q;+1/p-1/t14-,15+;/m1./s1. The van der Waals surface area contributed by atoms with E-state index in [4.69, 9.17) is 0 Å². The quantitative estimate of drug-likeness (QED) is 0.478. The van der Waals surface area contributed by atoms with Crippen LogP contribution in [0.2, 0.25) is 0 Å². The van der Waals surface area contributed by atoms with Crippen molar-refractivity contribution in [3.05, 3.63) is 65.7 Å². The fraction of sp³-hybridized carbons (Fsp3) is 0.125. The van der Waals surface area contributed by atoms with Gasteiger partial charge in [-0.1, -0.05) is 42.5 Å². The first-order valence-electron chi connectivity index (χ1n) is 6.34. The van der Waals surface area contributed by atoms with Crippen LogP contribution in [-0.2, 0) is 4.79 Å². The van der Waals surface area contributed by atoms with Gasteiger partial charge >= 0.3 is 29.6 Å². The topological polar surface area (TPSA) is 93.0 Å². The van der Waals surface area contributed by atoms with Gasteiger partial charge in [-0.3, -0.25) is 4.99 Å². The Labute approximate surface area is 150 Å².